The first-order valence-electron chi connectivity index (χ1n) is 8.52. The maximum atomic E-state index is 12.4. The van der Waals surface area contributed by atoms with Crippen molar-refractivity contribution in [2.45, 2.75) is 44.7 Å². The van der Waals surface area contributed by atoms with E-state index in [1.807, 2.05) is 9.80 Å². The Balaban J connectivity index is 1.53. The normalized spacial score (nSPS) is 26.2. The fourth-order valence-corrected chi connectivity index (χ4v) is 3.54. The summed E-state index contributed by atoms with van der Waals surface area (Å²) in [5, 5.41) is 0. The van der Waals surface area contributed by atoms with Gasteiger partial charge in [-0.15, -0.1) is 0 Å². The molecule has 6 heteroatoms. The van der Waals surface area contributed by atoms with Gasteiger partial charge in [-0.25, -0.2) is 0 Å². The second-order valence-corrected chi connectivity index (χ2v) is 6.66. The molecule has 0 aromatic rings. The molecule has 0 spiro atoms. The third-order valence-electron chi connectivity index (χ3n) is 5.00. The standard InChI is InChI=1S/C16H27N3O3/c1-13(20)19(14-4-5-14)11-15-3-2-6-18(15)12-16(21)17-7-9-22-10-8-17/h14-15H,2-12H2,1H3. The molecule has 3 aliphatic rings. The fourth-order valence-electron chi connectivity index (χ4n) is 3.54. The van der Waals surface area contributed by atoms with Gasteiger partial charge in [0.2, 0.25) is 11.8 Å². The lowest BCUT2D eigenvalue weighted by Gasteiger charge is -2.33. The first-order valence-corrected chi connectivity index (χ1v) is 8.52. The van der Waals surface area contributed by atoms with Crippen LogP contribution in [-0.4, -0.2) is 84.5 Å². The predicted molar refractivity (Wildman–Crippen MR) is 82.4 cm³/mol. The molecule has 2 saturated heterocycles. The lowest BCUT2D eigenvalue weighted by atomic mass is 10.2. The van der Waals surface area contributed by atoms with E-state index in [9.17, 15) is 9.59 Å². The van der Waals surface area contributed by atoms with E-state index in [1.165, 1.54) is 0 Å². The number of carbonyl (C=O) groups is 2. The molecule has 22 heavy (non-hydrogen) atoms. The SMILES string of the molecule is CC(=O)N(CC1CCCN1CC(=O)N1CCOCC1)C1CC1. The van der Waals surface area contributed by atoms with E-state index in [1.54, 1.807) is 6.92 Å². The maximum absolute atomic E-state index is 12.4. The highest BCUT2D eigenvalue weighted by molar-refractivity contribution is 5.78. The van der Waals surface area contributed by atoms with E-state index in [-0.39, 0.29) is 11.8 Å². The first kappa shape index (κ1) is 15.7. The maximum Gasteiger partial charge on any atom is 0.236 e. The molecule has 2 aliphatic heterocycles. The lowest BCUT2D eigenvalue weighted by Crippen LogP contribution is -2.49. The van der Waals surface area contributed by atoms with Crippen molar-refractivity contribution in [1.82, 2.24) is 14.7 Å². The number of amides is 2. The molecule has 0 bridgehead atoms. The molecule has 0 aromatic heterocycles. The average Bonchev–Trinajstić information content (AvgIpc) is 3.27. The second-order valence-electron chi connectivity index (χ2n) is 6.66. The predicted octanol–water partition coefficient (Wildman–Crippen LogP) is 0.321. The van der Waals surface area contributed by atoms with Gasteiger partial charge in [0.05, 0.1) is 19.8 Å². The van der Waals surface area contributed by atoms with Crippen molar-refractivity contribution in [2.75, 3.05) is 45.9 Å². The van der Waals surface area contributed by atoms with Gasteiger partial charge in [0.25, 0.3) is 0 Å². The van der Waals surface area contributed by atoms with Crippen LogP contribution in [-0.2, 0) is 14.3 Å². The van der Waals surface area contributed by atoms with Gasteiger partial charge in [0.1, 0.15) is 0 Å². The molecule has 1 aliphatic carbocycles. The van der Waals surface area contributed by atoms with Gasteiger partial charge in [0.15, 0.2) is 0 Å². The van der Waals surface area contributed by atoms with Gasteiger partial charge < -0.3 is 14.5 Å². The van der Waals surface area contributed by atoms with E-state index in [0.29, 0.717) is 44.9 Å². The van der Waals surface area contributed by atoms with Crippen LogP contribution in [0, 0.1) is 0 Å². The third kappa shape index (κ3) is 3.79. The number of rotatable bonds is 5. The zero-order valence-electron chi connectivity index (χ0n) is 13.5. The Labute approximate surface area is 132 Å². The quantitative estimate of drug-likeness (QED) is 0.734. The van der Waals surface area contributed by atoms with Crippen LogP contribution in [0.15, 0.2) is 0 Å². The number of nitrogens with zero attached hydrogens (tertiary/aromatic N) is 3. The molecule has 1 atom stereocenters. The fraction of sp³-hybridized carbons (Fsp3) is 0.875. The van der Waals surface area contributed by atoms with E-state index in [4.69, 9.17) is 4.74 Å². The van der Waals surface area contributed by atoms with Gasteiger partial charge in [-0.2, -0.15) is 0 Å². The highest BCUT2D eigenvalue weighted by Crippen LogP contribution is 2.29. The summed E-state index contributed by atoms with van der Waals surface area (Å²) in [4.78, 5) is 30.4. The molecular weight excluding hydrogens is 282 g/mol. The Morgan fingerprint density at radius 3 is 2.50 bits per heavy atom. The topological polar surface area (TPSA) is 53.1 Å². The van der Waals surface area contributed by atoms with Crippen LogP contribution < -0.4 is 0 Å². The molecule has 3 fully saturated rings. The van der Waals surface area contributed by atoms with Crippen molar-refractivity contribution in [3.05, 3.63) is 0 Å². The van der Waals surface area contributed by atoms with Crippen LogP contribution >= 0.6 is 0 Å². The summed E-state index contributed by atoms with van der Waals surface area (Å²) in [6, 6.07) is 0.796. The number of hydrogen-bond donors (Lipinski definition) is 0. The Bertz CT molecular complexity index is 419. The summed E-state index contributed by atoms with van der Waals surface area (Å²) < 4.78 is 5.30. The lowest BCUT2D eigenvalue weighted by molar-refractivity contribution is -0.136. The van der Waals surface area contributed by atoms with Crippen molar-refractivity contribution >= 4 is 11.8 Å². The van der Waals surface area contributed by atoms with Crippen molar-refractivity contribution in [3.8, 4) is 0 Å². The van der Waals surface area contributed by atoms with Crippen molar-refractivity contribution in [2.24, 2.45) is 0 Å². The molecule has 2 amide bonds. The van der Waals surface area contributed by atoms with E-state index in [0.717, 1.165) is 38.8 Å². The van der Waals surface area contributed by atoms with Crippen LogP contribution in [0.5, 0.6) is 0 Å². The minimum atomic E-state index is 0.175. The van der Waals surface area contributed by atoms with E-state index < -0.39 is 0 Å². The van der Waals surface area contributed by atoms with Crippen molar-refractivity contribution in [3.63, 3.8) is 0 Å². The van der Waals surface area contributed by atoms with Gasteiger partial charge in [-0.1, -0.05) is 0 Å². The van der Waals surface area contributed by atoms with Crippen molar-refractivity contribution < 1.29 is 14.3 Å². The summed E-state index contributed by atoms with van der Waals surface area (Å²) in [5.74, 6) is 0.379. The molecule has 3 rings (SSSR count). The van der Waals surface area contributed by atoms with Gasteiger partial charge in [-0.05, 0) is 32.2 Å². The molecular formula is C16H27N3O3. The molecule has 2 heterocycles. The summed E-state index contributed by atoms with van der Waals surface area (Å²) in [7, 11) is 0. The highest BCUT2D eigenvalue weighted by Gasteiger charge is 2.36. The van der Waals surface area contributed by atoms with Gasteiger partial charge >= 0.3 is 0 Å². The van der Waals surface area contributed by atoms with Crippen LogP contribution in [0.4, 0.5) is 0 Å². The molecule has 1 saturated carbocycles. The number of hydrogen-bond acceptors (Lipinski definition) is 4. The first-order chi connectivity index (χ1) is 10.6. The average molecular weight is 309 g/mol. The van der Waals surface area contributed by atoms with Crippen molar-refractivity contribution in [1.29, 1.82) is 0 Å². The molecule has 0 aromatic carbocycles. The minimum Gasteiger partial charge on any atom is -0.378 e. The summed E-state index contributed by atoms with van der Waals surface area (Å²) >= 11 is 0. The number of carbonyl (C=O) groups excluding carboxylic acids is 2. The molecule has 1 unspecified atom stereocenters. The molecule has 6 nitrogen and oxygen atoms in total. The van der Waals surface area contributed by atoms with Gasteiger partial charge in [-0.3, -0.25) is 14.5 Å². The van der Waals surface area contributed by atoms with E-state index >= 15 is 0 Å². The summed E-state index contributed by atoms with van der Waals surface area (Å²) in [6.45, 7) is 6.62. The van der Waals surface area contributed by atoms with E-state index in [2.05, 4.69) is 4.90 Å². The highest BCUT2D eigenvalue weighted by atomic mass is 16.5. The summed E-state index contributed by atoms with van der Waals surface area (Å²) in [6.07, 6.45) is 4.49. The smallest absolute Gasteiger partial charge is 0.236 e. The molecule has 124 valence electrons. The monoisotopic (exact) mass is 309 g/mol. The van der Waals surface area contributed by atoms with Crippen LogP contribution in [0.3, 0.4) is 0 Å². The zero-order chi connectivity index (χ0) is 15.5. The number of ether oxygens (including phenoxy) is 1. The second kappa shape index (κ2) is 6.96. The van der Waals surface area contributed by atoms with Crippen LogP contribution in [0.2, 0.25) is 0 Å². The largest absolute Gasteiger partial charge is 0.378 e. The molecule has 0 N–H and O–H groups in total. The van der Waals surface area contributed by atoms with Crippen LogP contribution in [0.1, 0.15) is 32.6 Å². The Hall–Kier alpha value is -1.14. The summed E-state index contributed by atoms with van der Waals surface area (Å²) in [5.41, 5.74) is 0. The molecule has 0 radical (unpaired) electrons. The Morgan fingerprint density at radius 2 is 1.86 bits per heavy atom. The Kier molecular flexibility index (Phi) is 4.98. The number of morpholine rings is 1. The van der Waals surface area contributed by atoms with Gasteiger partial charge in [0, 0.05) is 38.6 Å². The Morgan fingerprint density at radius 1 is 1.14 bits per heavy atom. The number of likely N-dealkylation sites (tertiary alicyclic amines) is 1. The third-order valence-corrected chi connectivity index (χ3v) is 5.00. The van der Waals surface area contributed by atoms with Crippen LogP contribution in [0.25, 0.3) is 0 Å². The zero-order valence-corrected chi connectivity index (χ0v) is 13.5. The minimum absolute atomic E-state index is 0.175.